The smallest absolute Gasteiger partial charge is 0.0363 e. The van der Waals surface area contributed by atoms with E-state index in [2.05, 4.69) is 75.5 Å². The second-order valence-corrected chi connectivity index (χ2v) is 5.60. The fourth-order valence-electron chi connectivity index (χ4n) is 2.76. The highest BCUT2D eigenvalue weighted by atomic mass is 14.9. The molecular weight excluding hydrogens is 242 g/mol. The minimum atomic E-state index is 0.390. The van der Waals surface area contributed by atoms with Crippen molar-refractivity contribution in [1.29, 1.82) is 0 Å². The second kappa shape index (κ2) is 6.71. The van der Waals surface area contributed by atoms with Crippen molar-refractivity contribution in [1.82, 2.24) is 5.32 Å². The molecule has 0 aliphatic rings. The predicted molar refractivity (Wildman–Crippen MR) is 87.2 cm³/mol. The molecule has 2 aromatic rings. The highest BCUT2D eigenvalue weighted by Crippen LogP contribution is 2.23. The van der Waals surface area contributed by atoms with Crippen LogP contribution in [0, 0.1) is 20.8 Å². The maximum Gasteiger partial charge on any atom is 0.0363 e. The van der Waals surface area contributed by atoms with E-state index in [0.717, 1.165) is 13.0 Å². The molecule has 0 heterocycles. The SMILES string of the molecule is CCNC(Cc1cc(C)ccc1C)c1ccccc1C. The Morgan fingerprint density at radius 3 is 2.40 bits per heavy atom. The average molecular weight is 267 g/mol. The Morgan fingerprint density at radius 2 is 1.70 bits per heavy atom. The topological polar surface area (TPSA) is 12.0 Å². The molecule has 2 rings (SSSR count). The fourth-order valence-corrected chi connectivity index (χ4v) is 2.76. The summed E-state index contributed by atoms with van der Waals surface area (Å²) in [7, 11) is 0. The Bertz CT molecular complexity index is 572. The molecule has 0 aliphatic heterocycles. The van der Waals surface area contributed by atoms with Gasteiger partial charge in [-0.15, -0.1) is 0 Å². The first kappa shape index (κ1) is 14.8. The van der Waals surface area contributed by atoms with E-state index in [1.54, 1.807) is 0 Å². The highest BCUT2D eigenvalue weighted by Gasteiger charge is 2.14. The Hall–Kier alpha value is -1.60. The summed E-state index contributed by atoms with van der Waals surface area (Å²) < 4.78 is 0. The number of hydrogen-bond acceptors (Lipinski definition) is 1. The van der Waals surface area contributed by atoms with Crippen LogP contribution in [0.25, 0.3) is 0 Å². The van der Waals surface area contributed by atoms with Gasteiger partial charge in [0.25, 0.3) is 0 Å². The summed E-state index contributed by atoms with van der Waals surface area (Å²) in [6.45, 7) is 9.73. The summed E-state index contributed by atoms with van der Waals surface area (Å²) in [4.78, 5) is 0. The number of likely N-dealkylation sites (N-methyl/N-ethyl adjacent to an activating group) is 1. The third-order valence-electron chi connectivity index (χ3n) is 3.94. The van der Waals surface area contributed by atoms with E-state index in [1.165, 1.54) is 27.8 Å². The molecule has 1 heteroatoms. The van der Waals surface area contributed by atoms with Crippen LogP contribution < -0.4 is 5.32 Å². The lowest BCUT2D eigenvalue weighted by Gasteiger charge is -2.21. The van der Waals surface area contributed by atoms with Gasteiger partial charge in [-0.05, 0) is 56.0 Å². The molecule has 0 aliphatic carbocycles. The molecule has 2 aromatic carbocycles. The van der Waals surface area contributed by atoms with Crippen LogP contribution in [0.2, 0.25) is 0 Å². The normalized spacial score (nSPS) is 12.4. The van der Waals surface area contributed by atoms with Gasteiger partial charge in [-0.1, -0.05) is 55.0 Å². The monoisotopic (exact) mass is 267 g/mol. The van der Waals surface area contributed by atoms with Crippen LogP contribution in [0.3, 0.4) is 0 Å². The van der Waals surface area contributed by atoms with Gasteiger partial charge in [-0.2, -0.15) is 0 Å². The molecule has 0 amide bonds. The first-order chi connectivity index (χ1) is 9.61. The van der Waals surface area contributed by atoms with Gasteiger partial charge >= 0.3 is 0 Å². The fraction of sp³-hybridized carbons (Fsp3) is 0.368. The molecule has 1 N–H and O–H groups in total. The third-order valence-corrected chi connectivity index (χ3v) is 3.94. The van der Waals surface area contributed by atoms with E-state index < -0.39 is 0 Å². The van der Waals surface area contributed by atoms with Gasteiger partial charge in [-0.25, -0.2) is 0 Å². The molecular formula is C19H25N. The molecule has 20 heavy (non-hydrogen) atoms. The van der Waals surface area contributed by atoms with E-state index >= 15 is 0 Å². The van der Waals surface area contributed by atoms with E-state index in [1.807, 2.05) is 0 Å². The number of aryl methyl sites for hydroxylation is 3. The van der Waals surface area contributed by atoms with Gasteiger partial charge in [0.05, 0.1) is 0 Å². The van der Waals surface area contributed by atoms with Gasteiger partial charge in [0, 0.05) is 6.04 Å². The van der Waals surface area contributed by atoms with Gasteiger partial charge in [-0.3, -0.25) is 0 Å². The van der Waals surface area contributed by atoms with Crippen molar-refractivity contribution in [2.75, 3.05) is 6.54 Å². The molecule has 0 spiro atoms. The van der Waals surface area contributed by atoms with Crippen LogP contribution in [0.15, 0.2) is 42.5 Å². The summed E-state index contributed by atoms with van der Waals surface area (Å²) >= 11 is 0. The van der Waals surface area contributed by atoms with Crippen LogP contribution in [-0.4, -0.2) is 6.54 Å². The van der Waals surface area contributed by atoms with Crippen LogP contribution in [0.5, 0.6) is 0 Å². The molecule has 0 fully saturated rings. The zero-order valence-corrected chi connectivity index (χ0v) is 13.0. The Kier molecular flexibility index (Phi) is 4.97. The summed E-state index contributed by atoms with van der Waals surface area (Å²) in [5.74, 6) is 0. The molecule has 0 saturated carbocycles. The van der Waals surface area contributed by atoms with E-state index in [0.29, 0.717) is 6.04 Å². The van der Waals surface area contributed by atoms with Gasteiger partial charge in [0.2, 0.25) is 0 Å². The van der Waals surface area contributed by atoms with Crippen LogP contribution >= 0.6 is 0 Å². The predicted octanol–water partition coefficient (Wildman–Crippen LogP) is 4.51. The Balaban J connectivity index is 2.30. The Labute approximate surface area is 123 Å². The zero-order chi connectivity index (χ0) is 14.5. The molecule has 1 unspecified atom stereocenters. The van der Waals surface area contributed by atoms with Crippen molar-refractivity contribution in [3.8, 4) is 0 Å². The quantitative estimate of drug-likeness (QED) is 0.840. The largest absolute Gasteiger partial charge is 0.310 e. The minimum Gasteiger partial charge on any atom is -0.310 e. The molecule has 106 valence electrons. The molecule has 0 bridgehead atoms. The van der Waals surface area contributed by atoms with E-state index in [9.17, 15) is 0 Å². The molecule has 0 saturated heterocycles. The van der Waals surface area contributed by atoms with Crippen molar-refractivity contribution in [3.63, 3.8) is 0 Å². The summed E-state index contributed by atoms with van der Waals surface area (Å²) in [6.07, 6.45) is 1.05. The maximum absolute atomic E-state index is 3.63. The van der Waals surface area contributed by atoms with E-state index in [4.69, 9.17) is 0 Å². The van der Waals surface area contributed by atoms with Crippen molar-refractivity contribution >= 4 is 0 Å². The van der Waals surface area contributed by atoms with Crippen molar-refractivity contribution in [2.45, 2.75) is 40.2 Å². The van der Waals surface area contributed by atoms with Crippen LogP contribution in [0.4, 0.5) is 0 Å². The first-order valence-corrected chi connectivity index (χ1v) is 7.47. The zero-order valence-electron chi connectivity index (χ0n) is 13.0. The highest BCUT2D eigenvalue weighted by molar-refractivity contribution is 5.35. The summed E-state index contributed by atoms with van der Waals surface area (Å²) in [6, 6.07) is 15.8. The summed E-state index contributed by atoms with van der Waals surface area (Å²) in [5.41, 5.74) is 6.94. The number of rotatable bonds is 5. The summed E-state index contributed by atoms with van der Waals surface area (Å²) in [5, 5.41) is 3.63. The van der Waals surface area contributed by atoms with Gasteiger partial charge in [0.1, 0.15) is 0 Å². The molecule has 1 nitrogen and oxygen atoms in total. The molecule has 0 radical (unpaired) electrons. The van der Waals surface area contributed by atoms with E-state index in [-0.39, 0.29) is 0 Å². The number of nitrogens with one attached hydrogen (secondary N) is 1. The number of hydrogen-bond donors (Lipinski definition) is 1. The lowest BCUT2D eigenvalue weighted by Crippen LogP contribution is -2.24. The average Bonchev–Trinajstić information content (AvgIpc) is 2.43. The maximum atomic E-state index is 3.63. The lowest BCUT2D eigenvalue weighted by molar-refractivity contribution is 0.546. The standard InChI is InChI=1S/C19H25N/c1-5-20-19(18-9-7-6-8-16(18)4)13-17-12-14(2)10-11-15(17)3/h6-12,19-20H,5,13H2,1-4H3. The van der Waals surface area contributed by atoms with Crippen molar-refractivity contribution < 1.29 is 0 Å². The van der Waals surface area contributed by atoms with Crippen LogP contribution in [0.1, 0.15) is 40.8 Å². The lowest BCUT2D eigenvalue weighted by atomic mass is 9.92. The molecule has 1 atom stereocenters. The van der Waals surface area contributed by atoms with Crippen molar-refractivity contribution in [3.05, 3.63) is 70.3 Å². The Morgan fingerprint density at radius 1 is 0.950 bits per heavy atom. The van der Waals surface area contributed by atoms with Gasteiger partial charge < -0.3 is 5.32 Å². The van der Waals surface area contributed by atoms with Crippen molar-refractivity contribution in [2.24, 2.45) is 0 Å². The first-order valence-electron chi connectivity index (χ1n) is 7.47. The van der Waals surface area contributed by atoms with Gasteiger partial charge in [0.15, 0.2) is 0 Å². The number of benzene rings is 2. The second-order valence-electron chi connectivity index (χ2n) is 5.60. The minimum absolute atomic E-state index is 0.390. The van der Waals surface area contributed by atoms with Crippen LogP contribution in [-0.2, 0) is 6.42 Å². The molecule has 0 aromatic heterocycles. The third kappa shape index (κ3) is 3.49.